The highest BCUT2D eigenvalue weighted by atomic mass is 16.6. The molecule has 1 aromatic rings. The van der Waals surface area contributed by atoms with Crippen molar-refractivity contribution in [1.82, 2.24) is 16.0 Å². The predicted octanol–water partition coefficient (Wildman–Crippen LogP) is 3.06. The van der Waals surface area contributed by atoms with E-state index in [1.54, 1.807) is 48.5 Å². The molecule has 0 heterocycles. The molecular weight excluding hydrogens is 432 g/mol. The predicted molar refractivity (Wildman–Crippen MR) is 122 cm³/mol. The van der Waals surface area contributed by atoms with E-state index in [0.29, 0.717) is 5.56 Å². The molecule has 11 nitrogen and oxygen atoms in total. The Morgan fingerprint density at radius 2 is 1.42 bits per heavy atom. The molecule has 1 rings (SSSR count). The van der Waals surface area contributed by atoms with Gasteiger partial charge in [-0.2, -0.15) is 0 Å². The zero-order valence-electron chi connectivity index (χ0n) is 20.2. The highest BCUT2D eigenvalue weighted by molar-refractivity contribution is 5.86. The molecule has 2 unspecified atom stereocenters. The lowest BCUT2D eigenvalue weighted by Crippen LogP contribution is -2.52. The fourth-order valence-corrected chi connectivity index (χ4v) is 2.59. The van der Waals surface area contributed by atoms with Crippen LogP contribution in [0.25, 0.3) is 0 Å². The first kappa shape index (κ1) is 27.7. The van der Waals surface area contributed by atoms with Crippen molar-refractivity contribution in [3.05, 3.63) is 39.9 Å². The molecule has 0 aliphatic heterocycles. The lowest BCUT2D eigenvalue weighted by atomic mass is 10.0. The molecule has 0 saturated carbocycles. The van der Waals surface area contributed by atoms with Crippen LogP contribution in [0.4, 0.5) is 15.3 Å². The van der Waals surface area contributed by atoms with E-state index in [9.17, 15) is 24.5 Å². The number of hydrogen-bond acceptors (Lipinski definition) is 7. The minimum atomic E-state index is -1.00. The highest BCUT2D eigenvalue weighted by Gasteiger charge is 2.25. The molecule has 3 N–H and O–H groups in total. The van der Waals surface area contributed by atoms with Crippen molar-refractivity contribution in [2.24, 2.45) is 0 Å². The van der Waals surface area contributed by atoms with E-state index < -0.39 is 46.3 Å². The van der Waals surface area contributed by atoms with E-state index >= 15 is 0 Å². The average molecular weight is 467 g/mol. The third kappa shape index (κ3) is 11.7. The van der Waals surface area contributed by atoms with Crippen LogP contribution in [0.15, 0.2) is 24.3 Å². The number of carbonyl (C=O) groups is 3. The van der Waals surface area contributed by atoms with Crippen LogP contribution in [0.3, 0.4) is 0 Å². The summed E-state index contributed by atoms with van der Waals surface area (Å²) in [7, 11) is 0. The molecule has 3 amide bonds. The average Bonchev–Trinajstić information content (AvgIpc) is 2.62. The number of benzene rings is 1. The first-order valence-electron chi connectivity index (χ1n) is 10.6. The van der Waals surface area contributed by atoms with E-state index in [4.69, 9.17) is 9.47 Å². The monoisotopic (exact) mass is 466 g/mol. The Balaban J connectivity index is 2.82. The summed E-state index contributed by atoms with van der Waals surface area (Å²) >= 11 is 0. The van der Waals surface area contributed by atoms with E-state index in [-0.39, 0.29) is 18.7 Å². The van der Waals surface area contributed by atoms with Crippen molar-refractivity contribution >= 4 is 23.8 Å². The Morgan fingerprint density at radius 3 is 1.88 bits per heavy atom. The Labute approximate surface area is 193 Å². The van der Waals surface area contributed by atoms with E-state index in [1.165, 1.54) is 24.3 Å². The van der Waals surface area contributed by atoms with Crippen LogP contribution in [0, 0.1) is 10.1 Å². The standard InChI is InChI=1S/C22H34N4O7/c1-14(24-19(28)32-21(2,3)4)13-23-18(27)17(25-20(29)33-22(5,6)7)12-15-8-10-16(11-9-15)26(30)31/h8-11,14,17H,12-13H2,1-7H3,(H,23,27)(H,24,28)(H,25,29). The molecule has 184 valence electrons. The number of amides is 3. The number of nitro benzene ring substituents is 1. The van der Waals surface area contributed by atoms with Crippen LogP contribution in [-0.4, -0.2) is 52.8 Å². The number of non-ortho nitro benzene ring substituents is 1. The van der Waals surface area contributed by atoms with E-state index in [2.05, 4.69) is 16.0 Å². The van der Waals surface area contributed by atoms with Crippen LogP contribution < -0.4 is 16.0 Å². The number of rotatable bonds is 8. The van der Waals surface area contributed by atoms with Crippen LogP contribution in [0.5, 0.6) is 0 Å². The molecule has 11 heteroatoms. The van der Waals surface area contributed by atoms with Crippen molar-refractivity contribution in [2.45, 2.75) is 78.2 Å². The summed E-state index contributed by atoms with van der Waals surface area (Å²) in [5, 5.41) is 18.7. The van der Waals surface area contributed by atoms with Gasteiger partial charge in [0.15, 0.2) is 0 Å². The summed E-state index contributed by atoms with van der Waals surface area (Å²) in [5.74, 6) is -0.503. The molecule has 0 aromatic heterocycles. The topological polar surface area (TPSA) is 149 Å². The zero-order valence-corrected chi connectivity index (χ0v) is 20.2. The summed E-state index contributed by atoms with van der Waals surface area (Å²) in [6.45, 7) is 12.1. The van der Waals surface area contributed by atoms with Crippen LogP contribution in [-0.2, 0) is 20.7 Å². The molecule has 2 atom stereocenters. The van der Waals surface area contributed by atoms with Crippen molar-refractivity contribution in [1.29, 1.82) is 0 Å². The van der Waals surface area contributed by atoms with Gasteiger partial charge in [-0.3, -0.25) is 14.9 Å². The normalized spacial score (nSPS) is 13.3. The van der Waals surface area contributed by atoms with Crippen LogP contribution in [0.1, 0.15) is 54.0 Å². The number of hydrogen-bond donors (Lipinski definition) is 3. The highest BCUT2D eigenvalue weighted by Crippen LogP contribution is 2.14. The molecule has 0 fully saturated rings. The Kier molecular flexibility index (Phi) is 9.63. The summed E-state index contributed by atoms with van der Waals surface area (Å²) in [5.41, 5.74) is -0.886. The number of nitro groups is 1. The van der Waals surface area contributed by atoms with Gasteiger partial charge in [-0.25, -0.2) is 9.59 Å². The second-order valence-corrected chi connectivity index (χ2v) is 9.62. The Bertz CT molecular complexity index is 842. The minimum Gasteiger partial charge on any atom is -0.444 e. The molecule has 33 heavy (non-hydrogen) atoms. The summed E-state index contributed by atoms with van der Waals surface area (Å²) in [4.78, 5) is 47.3. The maximum atomic E-state index is 12.8. The smallest absolute Gasteiger partial charge is 0.408 e. The molecule has 0 saturated heterocycles. The van der Waals surface area contributed by atoms with Gasteiger partial charge in [-0.1, -0.05) is 12.1 Å². The molecule has 0 aliphatic carbocycles. The number of nitrogens with one attached hydrogen (secondary N) is 3. The lowest BCUT2D eigenvalue weighted by molar-refractivity contribution is -0.384. The lowest BCUT2D eigenvalue weighted by Gasteiger charge is -2.24. The van der Waals surface area contributed by atoms with Gasteiger partial charge < -0.3 is 25.4 Å². The zero-order chi connectivity index (χ0) is 25.4. The molecule has 1 aromatic carbocycles. The fourth-order valence-electron chi connectivity index (χ4n) is 2.59. The van der Waals surface area contributed by atoms with E-state index in [0.717, 1.165) is 0 Å². The third-order valence-corrected chi connectivity index (χ3v) is 3.94. The fraction of sp³-hybridized carbons (Fsp3) is 0.591. The number of nitrogens with zero attached hydrogens (tertiary/aromatic N) is 1. The maximum absolute atomic E-state index is 12.8. The Morgan fingerprint density at radius 1 is 0.939 bits per heavy atom. The van der Waals surface area contributed by atoms with Gasteiger partial charge >= 0.3 is 12.2 Å². The summed E-state index contributed by atoms with van der Waals surface area (Å²) in [6, 6.07) is 4.24. The van der Waals surface area contributed by atoms with Crippen LogP contribution >= 0.6 is 0 Å². The molecule has 0 bridgehead atoms. The van der Waals surface area contributed by atoms with Gasteiger partial charge in [0, 0.05) is 31.1 Å². The number of alkyl carbamates (subject to hydrolysis) is 2. The van der Waals surface area contributed by atoms with Crippen LogP contribution in [0.2, 0.25) is 0 Å². The van der Waals surface area contributed by atoms with Crippen molar-refractivity contribution in [2.75, 3.05) is 6.54 Å². The number of ether oxygens (including phenoxy) is 2. The SMILES string of the molecule is CC(CNC(=O)C(Cc1ccc([N+](=O)[O-])cc1)NC(=O)OC(C)(C)C)NC(=O)OC(C)(C)C. The van der Waals surface area contributed by atoms with Gasteiger partial charge in [0.25, 0.3) is 5.69 Å². The van der Waals surface area contributed by atoms with Gasteiger partial charge in [-0.15, -0.1) is 0 Å². The minimum absolute atomic E-state index is 0.0803. The van der Waals surface area contributed by atoms with Crippen molar-refractivity contribution in [3.8, 4) is 0 Å². The third-order valence-electron chi connectivity index (χ3n) is 3.94. The van der Waals surface area contributed by atoms with E-state index in [1.807, 2.05) is 0 Å². The largest absolute Gasteiger partial charge is 0.444 e. The second-order valence-electron chi connectivity index (χ2n) is 9.62. The maximum Gasteiger partial charge on any atom is 0.408 e. The quantitative estimate of drug-likeness (QED) is 0.394. The first-order valence-corrected chi connectivity index (χ1v) is 10.6. The number of carbonyl (C=O) groups excluding carboxylic acids is 3. The van der Waals surface area contributed by atoms with Gasteiger partial charge in [0.2, 0.25) is 5.91 Å². The van der Waals surface area contributed by atoms with Crippen molar-refractivity contribution < 1.29 is 28.8 Å². The molecule has 0 spiro atoms. The summed E-state index contributed by atoms with van der Waals surface area (Å²) < 4.78 is 10.4. The van der Waals surface area contributed by atoms with Gasteiger partial charge in [0.1, 0.15) is 17.2 Å². The molecule has 0 radical (unpaired) electrons. The van der Waals surface area contributed by atoms with Gasteiger partial charge in [-0.05, 0) is 54.0 Å². The first-order chi connectivity index (χ1) is 15.1. The summed E-state index contributed by atoms with van der Waals surface area (Å²) in [6.07, 6.45) is -1.31. The van der Waals surface area contributed by atoms with Crippen molar-refractivity contribution in [3.63, 3.8) is 0 Å². The molecular formula is C22H34N4O7. The molecule has 0 aliphatic rings. The van der Waals surface area contributed by atoms with Gasteiger partial charge in [0.05, 0.1) is 4.92 Å². The second kappa shape index (κ2) is 11.5. The Hall–Kier alpha value is -3.37.